The zero-order chi connectivity index (χ0) is 19.1. The fourth-order valence-electron chi connectivity index (χ4n) is 2.52. The second-order valence-corrected chi connectivity index (χ2v) is 7.23. The Hall–Kier alpha value is -2.21. The van der Waals surface area contributed by atoms with Crippen LogP contribution in [0.3, 0.4) is 0 Å². The molecule has 0 fully saturated rings. The summed E-state index contributed by atoms with van der Waals surface area (Å²) in [7, 11) is 3.23. The molecule has 0 saturated heterocycles. The highest BCUT2D eigenvalue weighted by Crippen LogP contribution is 2.33. The van der Waals surface area contributed by atoms with Gasteiger partial charge in [-0.1, -0.05) is 35.8 Å². The minimum Gasteiger partial charge on any atom is -0.493 e. The van der Waals surface area contributed by atoms with Gasteiger partial charge in [0.1, 0.15) is 0 Å². The average molecular weight is 421 g/mol. The van der Waals surface area contributed by atoms with Gasteiger partial charge in [-0.3, -0.25) is 4.79 Å². The second-order valence-electron chi connectivity index (χ2n) is 6.38. The molecule has 2 rings (SSSR count). The number of hydrogen-bond donors (Lipinski definition) is 2. The molecule has 6 heteroatoms. The van der Waals surface area contributed by atoms with E-state index in [4.69, 9.17) is 9.47 Å². The van der Waals surface area contributed by atoms with Crippen molar-refractivity contribution in [1.29, 1.82) is 0 Å². The SMILES string of the molecule is COc1cc(Br)c(CNc2cccc(NC(=O)CC(C)C)c2)cc1OC. The van der Waals surface area contributed by atoms with Crippen molar-refractivity contribution < 1.29 is 14.3 Å². The normalized spacial score (nSPS) is 10.5. The van der Waals surface area contributed by atoms with E-state index < -0.39 is 0 Å². The number of hydrogen-bond acceptors (Lipinski definition) is 4. The fourth-order valence-corrected chi connectivity index (χ4v) is 2.98. The summed E-state index contributed by atoms with van der Waals surface area (Å²) in [5.74, 6) is 1.72. The van der Waals surface area contributed by atoms with Crippen molar-refractivity contribution in [3.63, 3.8) is 0 Å². The Kier molecular flexibility index (Phi) is 7.33. The Labute approximate surface area is 163 Å². The maximum Gasteiger partial charge on any atom is 0.224 e. The van der Waals surface area contributed by atoms with E-state index in [0.717, 1.165) is 21.4 Å². The molecule has 0 aliphatic carbocycles. The van der Waals surface area contributed by atoms with Gasteiger partial charge < -0.3 is 20.1 Å². The van der Waals surface area contributed by atoms with Crippen molar-refractivity contribution >= 4 is 33.2 Å². The smallest absolute Gasteiger partial charge is 0.224 e. The van der Waals surface area contributed by atoms with Crippen LogP contribution in [0.25, 0.3) is 0 Å². The van der Waals surface area contributed by atoms with Gasteiger partial charge in [0.05, 0.1) is 14.2 Å². The van der Waals surface area contributed by atoms with Crippen LogP contribution in [0.1, 0.15) is 25.8 Å². The Morgan fingerprint density at radius 3 is 2.38 bits per heavy atom. The highest BCUT2D eigenvalue weighted by molar-refractivity contribution is 9.10. The summed E-state index contributed by atoms with van der Waals surface area (Å²) < 4.78 is 11.6. The van der Waals surface area contributed by atoms with Crippen molar-refractivity contribution in [3.8, 4) is 11.5 Å². The number of amides is 1. The van der Waals surface area contributed by atoms with E-state index in [1.807, 2.05) is 50.2 Å². The van der Waals surface area contributed by atoms with Crippen LogP contribution in [0, 0.1) is 5.92 Å². The summed E-state index contributed by atoms with van der Waals surface area (Å²) in [6.07, 6.45) is 0.510. The lowest BCUT2D eigenvalue weighted by Gasteiger charge is -2.14. The zero-order valence-corrected chi connectivity index (χ0v) is 17.1. The fraction of sp³-hybridized carbons (Fsp3) is 0.350. The summed E-state index contributed by atoms with van der Waals surface area (Å²) in [5.41, 5.74) is 2.75. The largest absolute Gasteiger partial charge is 0.493 e. The minimum absolute atomic E-state index is 0.0276. The Balaban J connectivity index is 2.06. The van der Waals surface area contributed by atoms with Crippen LogP contribution in [-0.2, 0) is 11.3 Å². The first-order valence-corrected chi connectivity index (χ1v) is 9.26. The number of carbonyl (C=O) groups is 1. The van der Waals surface area contributed by atoms with E-state index in [1.165, 1.54) is 0 Å². The van der Waals surface area contributed by atoms with Gasteiger partial charge in [-0.05, 0) is 41.8 Å². The molecule has 0 atom stereocenters. The highest BCUT2D eigenvalue weighted by atomic mass is 79.9. The third kappa shape index (κ3) is 5.66. The average Bonchev–Trinajstić information content (AvgIpc) is 2.59. The molecule has 0 spiro atoms. The number of carbonyl (C=O) groups excluding carboxylic acids is 1. The molecule has 140 valence electrons. The topological polar surface area (TPSA) is 59.6 Å². The number of ether oxygens (including phenoxy) is 2. The van der Waals surface area contributed by atoms with Crippen molar-refractivity contribution in [1.82, 2.24) is 0 Å². The molecule has 0 radical (unpaired) electrons. The van der Waals surface area contributed by atoms with Gasteiger partial charge in [0.25, 0.3) is 0 Å². The van der Waals surface area contributed by atoms with Gasteiger partial charge in [-0.2, -0.15) is 0 Å². The van der Waals surface area contributed by atoms with Gasteiger partial charge in [-0.25, -0.2) is 0 Å². The third-order valence-corrected chi connectivity index (χ3v) is 4.51. The zero-order valence-electron chi connectivity index (χ0n) is 15.6. The lowest BCUT2D eigenvalue weighted by atomic mass is 10.1. The molecule has 0 aromatic heterocycles. The molecular formula is C20H25BrN2O3. The van der Waals surface area contributed by atoms with E-state index in [9.17, 15) is 4.79 Å². The number of rotatable bonds is 8. The lowest BCUT2D eigenvalue weighted by molar-refractivity contribution is -0.116. The molecule has 5 nitrogen and oxygen atoms in total. The molecule has 1 amide bonds. The molecule has 0 heterocycles. The Morgan fingerprint density at radius 1 is 1.08 bits per heavy atom. The van der Waals surface area contributed by atoms with E-state index in [-0.39, 0.29) is 5.91 Å². The van der Waals surface area contributed by atoms with Crippen LogP contribution in [-0.4, -0.2) is 20.1 Å². The van der Waals surface area contributed by atoms with Crippen LogP contribution in [0.5, 0.6) is 11.5 Å². The number of halogens is 1. The van der Waals surface area contributed by atoms with Gasteiger partial charge in [0.15, 0.2) is 11.5 Å². The third-order valence-electron chi connectivity index (χ3n) is 3.78. The van der Waals surface area contributed by atoms with Crippen molar-refractivity contribution in [2.45, 2.75) is 26.8 Å². The maximum atomic E-state index is 11.9. The highest BCUT2D eigenvalue weighted by Gasteiger charge is 2.10. The lowest BCUT2D eigenvalue weighted by Crippen LogP contribution is -2.13. The van der Waals surface area contributed by atoms with Gasteiger partial charge >= 0.3 is 0 Å². The maximum absolute atomic E-state index is 11.9. The molecule has 0 bridgehead atoms. The van der Waals surface area contributed by atoms with Gasteiger partial charge in [0, 0.05) is 28.8 Å². The minimum atomic E-state index is 0.0276. The summed E-state index contributed by atoms with van der Waals surface area (Å²) >= 11 is 3.56. The van der Waals surface area contributed by atoms with Crippen LogP contribution in [0.4, 0.5) is 11.4 Å². The number of methoxy groups -OCH3 is 2. The van der Waals surface area contributed by atoms with E-state index in [2.05, 4.69) is 26.6 Å². The van der Waals surface area contributed by atoms with E-state index in [0.29, 0.717) is 30.4 Å². The molecular weight excluding hydrogens is 396 g/mol. The molecule has 0 unspecified atom stereocenters. The van der Waals surface area contributed by atoms with Crippen LogP contribution in [0.15, 0.2) is 40.9 Å². The predicted molar refractivity (Wildman–Crippen MR) is 109 cm³/mol. The quantitative estimate of drug-likeness (QED) is 0.626. The van der Waals surface area contributed by atoms with Gasteiger partial charge in [0.2, 0.25) is 5.91 Å². The summed E-state index contributed by atoms with van der Waals surface area (Å²) in [6.45, 7) is 4.65. The van der Waals surface area contributed by atoms with Crippen molar-refractivity contribution in [3.05, 3.63) is 46.4 Å². The molecule has 0 saturated carbocycles. The molecule has 0 aliphatic heterocycles. The summed E-state index contributed by atoms with van der Waals surface area (Å²) in [5, 5.41) is 6.30. The summed E-state index contributed by atoms with van der Waals surface area (Å²) in [4.78, 5) is 11.9. The van der Waals surface area contributed by atoms with E-state index in [1.54, 1.807) is 14.2 Å². The van der Waals surface area contributed by atoms with E-state index >= 15 is 0 Å². The molecule has 2 aromatic rings. The Morgan fingerprint density at radius 2 is 1.73 bits per heavy atom. The number of nitrogens with one attached hydrogen (secondary N) is 2. The standard InChI is InChI=1S/C20H25BrN2O3/c1-13(2)8-20(24)23-16-7-5-6-15(10-16)22-12-14-9-18(25-3)19(26-4)11-17(14)21/h5-7,9-11,13,22H,8,12H2,1-4H3,(H,23,24). The van der Waals surface area contributed by atoms with Gasteiger partial charge in [-0.15, -0.1) is 0 Å². The first-order chi connectivity index (χ1) is 12.4. The van der Waals surface area contributed by atoms with Crippen LogP contribution >= 0.6 is 15.9 Å². The molecule has 2 N–H and O–H groups in total. The second kappa shape index (κ2) is 9.48. The summed E-state index contributed by atoms with van der Waals surface area (Å²) in [6, 6.07) is 11.5. The monoisotopic (exact) mass is 420 g/mol. The molecule has 2 aromatic carbocycles. The first kappa shape index (κ1) is 20.1. The molecule has 0 aliphatic rings. The Bertz CT molecular complexity index is 763. The number of anilines is 2. The number of benzene rings is 2. The van der Waals surface area contributed by atoms with Crippen LogP contribution in [0.2, 0.25) is 0 Å². The predicted octanol–water partition coefficient (Wildman–Crippen LogP) is 5.06. The van der Waals surface area contributed by atoms with Crippen molar-refractivity contribution in [2.75, 3.05) is 24.9 Å². The van der Waals surface area contributed by atoms with Crippen molar-refractivity contribution in [2.24, 2.45) is 5.92 Å². The molecule has 26 heavy (non-hydrogen) atoms. The van der Waals surface area contributed by atoms with Crippen LogP contribution < -0.4 is 20.1 Å². The first-order valence-electron chi connectivity index (χ1n) is 8.47.